The molecule has 2 amide bonds. The number of halogens is 1. The van der Waals surface area contributed by atoms with Crippen LogP contribution in [-0.2, 0) is 0 Å². The quantitative estimate of drug-likeness (QED) is 0.751. The summed E-state index contributed by atoms with van der Waals surface area (Å²) in [7, 11) is 0. The highest BCUT2D eigenvalue weighted by molar-refractivity contribution is 5.89. The fourth-order valence-electron chi connectivity index (χ4n) is 1.05. The Labute approximate surface area is 80.5 Å². The van der Waals surface area contributed by atoms with E-state index in [-0.39, 0.29) is 17.8 Å². The SMILES string of the molecule is O=C(Nc1ccncc1F)NC1CC1. The molecule has 0 bridgehead atoms. The number of rotatable bonds is 2. The summed E-state index contributed by atoms with van der Waals surface area (Å²) in [5.41, 5.74) is 0.151. The minimum atomic E-state index is -0.529. The third kappa shape index (κ3) is 2.18. The van der Waals surface area contributed by atoms with Crippen molar-refractivity contribution in [3.63, 3.8) is 0 Å². The molecule has 0 atom stereocenters. The number of hydrogen-bond donors (Lipinski definition) is 2. The van der Waals surface area contributed by atoms with Crippen molar-refractivity contribution in [2.45, 2.75) is 18.9 Å². The van der Waals surface area contributed by atoms with Crippen molar-refractivity contribution in [3.05, 3.63) is 24.3 Å². The van der Waals surface area contributed by atoms with E-state index in [4.69, 9.17) is 0 Å². The minimum Gasteiger partial charge on any atom is -0.335 e. The van der Waals surface area contributed by atoms with Crippen LogP contribution in [0.5, 0.6) is 0 Å². The summed E-state index contributed by atoms with van der Waals surface area (Å²) in [6, 6.07) is 1.32. The molecule has 2 N–H and O–H groups in total. The predicted molar refractivity (Wildman–Crippen MR) is 49.4 cm³/mol. The van der Waals surface area contributed by atoms with Crippen LogP contribution in [0.1, 0.15) is 12.8 Å². The number of urea groups is 1. The molecule has 1 aliphatic rings. The summed E-state index contributed by atoms with van der Waals surface area (Å²) in [4.78, 5) is 14.8. The molecular formula is C9H10FN3O. The maximum Gasteiger partial charge on any atom is 0.319 e. The molecule has 0 spiro atoms. The number of carbonyl (C=O) groups is 1. The van der Waals surface area contributed by atoms with E-state index in [9.17, 15) is 9.18 Å². The Hall–Kier alpha value is -1.65. The van der Waals surface area contributed by atoms with Crippen molar-refractivity contribution < 1.29 is 9.18 Å². The molecule has 4 nitrogen and oxygen atoms in total. The molecule has 74 valence electrons. The van der Waals surface area contributed by atoms with Crippen molar-refractivity contribution in [1.82, 2.24) is 10.3 Å². The zero-order chi connectivity index (χ0) is 9.97. The standard InChI is InChI=1S/C9H10FN3O/c10-7-5-11-4-3-8(7)13-9(14)12-6-1-2-6/h3-6H,1-2H2,(H2,11,12,13,14). The van der Waals surface area contributed by atoms with Crippen LogP contribution in [0.4, 0.5) is 14.9 Å². The molecule has 1 heterocycles. The summed E-state index contributed by atoms with van der Waals surface area (Å²) in [5.74, 6) is -0.529. The monoisotopic (exact) mass is 195 g/mol. The summed E-state index contributed by atoms with van der Waals surface area (Å²) in [6.07, 6.45) is 4.50. The van der Waals surface area contributed by atoms with Gasteiger partial charge in [0.15, 0.2) is 5.82 Å². The molecule has 1 aromatic rings. The van der Waals surface area contributed by atoms with Crippen molar-refractivity contribution in [2.24, 2.45) is 0 Å². The summed E-state index contributed by atoms with van der Waals surface area (Å²) >= 11 is 0. The van der Waals surface area contributed by atoms with E-state index in [0.717, 1.165) is 19.0 Å². The van der Waals surface area contributed by atoms with E-state index in [1.54, 1.807) is 0 Å². The summed E-state index contributed by atoms with van der Waals surface area (Å²) in [6.45, 7) is 0. The first kappa shape index (κ1) is 8.93. The van der Waals surface area contributed by atoms with Crippen LogP contribution in [0, 0.1) is 5.82 Å². The van der Waals surface area contributed by atoms with E-state index in [1.807, 2.05) is 0 Å². The van der Waals surface area contributed by atoms with Crippen LogP contribution in [0.25, 0.3) is 0 Å². The number of amides is 2. The first-order chi connectivity index (χ1) is 6.75. The van der Waals surface area contributed by atoms with Gasteiger partial charge in [0.1, 0.15) is 0 Å². The van der Waals surface area contributed by atoms with Gasteiger partial charge >= 0.3 is 6.03 Å². The second-order valence-corrected chi connectivity index (χ2v) is 3.23. The van der Waals surface area contributed by atoms with Crippen molar-refractivity contribution in [1.29, 1.82) is 0 Å². The van der Waals surface area contributed by atoms with E-state index in [2.05, 4.69) is 15.6 Å². The maximum absolute atomic E-state index is 13.0. The molecule has 0 saturated heterocycles. The van der Waals surface area contributed by atoms with Gasteiger partial charge in [-0.1, -0.05) is 0 Å². The topological polar surface area (TPSA) is 54.0 Å². The van der Waals surface area contributed by atoms with Crippen LogP contribution in [0.3, 0.4) is 0 Å². The molecule has 14 heavy (non-hydrogen) atoms. The molecular weight excluding hydrogens is 185 g/mol. The largest absolute Gasteiger partial charge is 0.335 e. The number of nitrogens with one attached hydrogen (secondary N) is 2. The molecule has 2 rings (SSSR count). The van der Waals surface area contributed by atoms with Gasteiger partial charge in [-0.3, -0.25) is 4.98 Å². The van der Waals surface area contributed by atoms with Gasteiger partial charge in [-0.2, -0.15) is 0 Å². The second-order valence-electron chi connectivity index (χ2n) is 3.23. The second kappa shape index (κ2) is 3.61. The lowest BCUT2D eigenvalue weighted by molar-refractivity contribution is 0.251. The Balaban J connectivity index is 1.95. The molecule has 1 aromatic heterocycles. The average Bonchev–Trinajstić information content (AvgIpc) is 2.93. The fraction of sp³-hybridized carbons (Fsp3) is 0.333. The van der Waals surface area contributed by atoms with Gasteiger partial charge in [0, 0.05) is 12.2 Å². The van der Waals surface area contributed by atoms with Crippen molar-refractivity contribution in [3.8, 4) is 0 Å². The third-order valence-corrected chi connectivity index (χ3v) is 1.93. The lowest BCUT2D eigenvalue weighted by Crippen LogP contribution is -2.30. The number of anilines is 1. The fourth-order valence-corrected chi connectivity index (χ4v) is 1.05. The number of nitrogens with zero attached hydrogens (tertiary/aromatic N) is 1. The number of hydrogen-bond acceptors (Lipinski definition) is 2. The zero-order valence-electron chi connectivity index (χ0n) is 7.46. The van der Waals surface area contributed by atoms with Crippen LogP contribution >= 0.6 is 0 Å². The molecule has 5 heteroatoms. The van der Waals surface area contributed by atoms with E-state index < -0.39 is 5.82 Å². The number of carbonyl (C=O) groups excluding carboxylic acids is 1. The van der Waals surface area contributed by atoms with E-state index in [1.165, 1.54) is 12.3 Å². The molecule has 1 saturated carbocycles. The van der Waals surface area contributed by atoms with Crippen LogP contribution < -0.4 is 10.6 Å². The molecule has 0 unspecified atom stereocenters. The van der Waals surface area contributed by atoms with E-state index >= 15 is 0 Å². The van der Waals surface area contributed by atoms with Crippen LogP contribution in [0.2, 0.25) is 0 Å². The van der Waals surface area contributed by atoms with Gasteiger partial charge in [0.05, 0.1) is 11.9 Å². The summed E-state index contributed by atoms with van der Waals surface area (Å²) in [5, 5.41) is 5.11. The number of aromatic nitrogens is 1. The first-order valence-corrected chi connectivity index (χ1v) is 4.43. The lowest BCUT2D eigenvalue weighted by atomic mass is 10.4. The summed E-state index contributed by atoms with van der Waals surface area (Å²) < 4.78 is 13.0. The van der Waals surface area contributed by atoms with Crippen LogP contribution in [-0.4, -0.2) is 17.1 Å². The Kier molecular flexibility index (Phi) is 2.30. The highest BCUT2D eigenvalue weighted by Crippen LogP contribution is 2.19. The molecule has 0 aromatic carbocycles. The predicted octanol–water partition coefficient (Wildman–Crippen LogP) is 1.50. The van der Waals surface area contributed by atoms with Crippen LogP contribution in [0.15, 0.2) is 18.5 Å². The maximum atomic E-state index is 13.0. The van der Waals surface area contributed by atoms with Gasteiger partial charge in [0.25, 0.3) is 0 Å². The molecule has 0 aliphatic heterocycles. The lowest BCUT2D eigenvalue weighted by Gasteiger charge is -2.06. The zero-order valence-corrected chi connectivity index (χ0v) is 7.46. The normalized spacial score (nSPS) is 14.9. The van der Waals surface area contributed by atoms with Crippen molar-refractivity contribution >= 4 is 11.7 Å². The van der Waals surface area contributed by atoms with Gasteiger partial charge in [-0.05, 0) is 18.9 Å². The first-order valence-electron chi connectivity index (χ1n) is 4.43. The Morgan fingerprint density at radius 3 is 3.00 bits per heavy atom. The van der Waals surface area contributed by atoms with Gasteiger partial charge < -0.3 is 10.6 Å². The molecule has 1 fully saturated rings. The molecule has 1 aliphatic carbocycles. The Bertz CT molecular complexity index is 352. The Morgan fingerprint density at radius 1 is 1.57 bits per heavy atom. The third-order valence-electron chi connectivity index (χ3n) is 1.93. The number of pyridine rings is 1. The van der Waals surface area contributed by atoms with Gasteiger partial charge in [-0.25, -0.2) is 9.18 Å². The van der Waals surface area contributed by atoms with Gasteiger partial charge in [0.2, 0.25) is 0 Å². The highest BCUT2D eigenvalue weighted by Gasteiger charge is 2.23. The minimum absolute atomic E-state index is 0.151. The van der Waals surface area contributed by atoms with Crippen molar-refractivity contribution in [2.75, 3.05) is 5.32 Å². The highest BCUT2D eigenvalue weighted by atomic mass is 19.1. The average molecular weight is 195 g/mol. The van der Waals surface area contributed by atoms with E-state index in [0.29, 0.717) is 0 Å². The van der Waals surface area contributed by atoms with Gasteiger partial charge in [-0.15, -0.1) is 0 Å². The molecule has 0 radical (unpaired) electrons. The Morgan fingerprint density at radius 2 is 2.36 bits per heavy atom. The smallest absolute Gasteiger partial charge is 0.319 e.